The topological polar surface area (TPSA) is 46.5 Å². The molecule has 1 atom stereocenters. The monoisotopic (exact) mass is 266 g/mol. The molecular weight excluding hydrogens is 242 g/mol. The molecule has 0 bridgehead atoms. The SMILES string of the molecule is CCCCCO[N+](C)(C)C(C(=O)O)c1ccccc1. The molecule has 0 aliphatic rings. The summed E-state index contributed by atoms with van der Waals surface area (Å²) in [4.78, 5) is 17.3. The van der Waals surface area contributed by atoms with E-state index in [0.29, 0.717) is 6.61 Å². The van der Waals surface area contributed by atoms with Crippen LogP contribution in [0.4, 0.5) is 0 Å². The predicted octanol–water partition coefficient (Wildman–Crippen LogP) is 3.01. The van der Waals surface area contributed by atoms with E-state index in [1.54, 1.807) is 14.1 Å². The van der Waals surface area contributed by atoms with Crippen LogP contribution in [0.25, 0.3) is 0 Å². The summed E-state index contributed by atoms with van der Waals surface area (Å²) in [6.45, 7) is 2.71. The third-order valence-electron chi connectivity index (χ3n) is 3.14. The summed E-state index contributed by atoms with van der Waals surface area (Å²) in [5, 5.41) is 9.47. The lowest BCUT2D eigenvalue weighted by molar-refractivity contribution is -1.09. The maximum atomic E-state index is 11.5. The van der Waals surface area contributed by atoms with E-state index < -0.39 is 12.0 Å². The quantitative estimate of drug-likeness (QED) is 0.447. The number of carboxylic acids is 1. The smallest absolute Gasteiger partial charge is 0.370 e. The highest BCUT2D eigenvalue weighted by molar-refractivity contribution is 5.74. The Labute approximate surface area is 115 Å². The van der Waals surface area contributed by atoms with Crippen LogP contribution in [0.3, 0.4) is 0 Å². The Bertz CT molecular complexity index is 390. The molecule has 106 valence electrons. The van der Waals surface area contributed by atoms with Crippen molar-refractivity contribution in [2.24, 2.45) is 0 Å². The van der Waals surface area contributed by atoms with E-state index in [4.69, 9.17) is 4.84 Å². The van der Waals surface area contributed by atoms with Crippen LogP contribution in [-0.2, 0) is 9.63 Å². The van der Waals surface area contributed by atoms with Crippen LogP contribution in [0.1, 0.15) is 37.8 Å². The van der Waals surface area contributed by atoms with Gasteiger partial charge in [0, 0.05) is 5.56 Å². The van der Waals surface area contributed by atoms with Gasteiger partial charge in [-0.05, 0) is 6.42 Å². The summed E-state index contributed by atoms with van der Waals surface area (Å²) in [7, 11) is 3.58. The predicted molar refractivity (Wildman–Crippen MR) is 74.4 cm³/mol. The molecular formula is C15H24NO3+. The van der Waals surface area contributed by atoms with Crippen LogP contribution in [-0.4, -0.2) is 36.4 Å². The van der Waals surface area contributed by atoms with Gasteiger partial charge >= 0.3 is 5.97 Å². The van der Waals surface area contributed by atoms with E-state index in [1.165, 1.54) is 0 Å². The first-order valence-corrected chi connectivity index (χ1v) is 6.75. The number of likely N-dealkylation sites (N-methyl/N-ethyl adjacent to an activating group) is 1. The lowest BCUT2D eigenvalue weighted by Gasteiger charge is -2.32. The molecule has 4 nitrogen and oxygen atoms in total. The van der Waals surface area contributed by atoms with Gasteiger partial charge in [-0.2, -0.15) is 4.65 Å². The van der Waals surface area contributed by atoms with Gasteiger partial charge in [0.1, 0.15) is 6.61 Å². The van der Waals surface area contributed by atoms with Crippen molar-refractivity contribution in [2.75, 3.05) is 20.7 Å². The van der Waals surface area contributed by atoms with Gasteiger partial charge in [0.05, 0.1) is 14.1 Å². The van der Waals surface area contributed by atoms with Crippen molar-refractivity contribution >= 4 is 5.97 Å². The lowest BCUT2D eigenvalue weighted by Crippen LogP contribution is -2.46. The number of hydroxylamine groups is 3. The maximum Gasteiger partial charge on any atom is 0.370 e. The number of quaternary nitrogens is 1. The molecule has 1 rings (SSSR count). The molecule has 0 fully saturated rings. The summed E-state index contributed by atoms with van der Waals surface area (Å²) < 4.78 is 0.00304. The lowest BCUT2D eigenvalue weighted by atomic mass is 10.1. The van der Waals surface area contributed by atoms with Crippen LogP contribution in [0.2, 0.25) is 0 Å². The zero-order chi connectivity index (χ0) is 14.3. The van der Waals surface area contributed by atoms with E-state index in [2.05, 4.69) is 6.92 Å². The second kappa shape index (κ2) is 7.26. The average Bonchev–Trinajstić information content (AvgIpc) is 2.35. The molecule has 0 saturated carbocycles. The number of hydrogen-bond acceptors (Lipinski definition) is 2. The van der Waals surface area contributed by atoms with Gasteiger partial charge in [0.15, 0.2) is 0 Å². The summed E-state index contributed by atoms with van der Waals surface area (Å²) in [5.74, 6) is -0.869. The summed E-state index contributed by atoms with van der Waals surface area (Å²) in [6, 6.07) is 8.53. The molecule has 0 amide bonds. The first-order chi connectivity index (χ1) is 8.99. The zero-order valence-corrected chi connectivity index (χ0v) is 12.0. The number of benzene rings is 1. The minimum atomic E-state index is -0.869. The van der Waals surface area contributed by atoms with E-state index in [9.17, 15) is 9.90 Å². The second-order valence-electron chi connectivity index (χ2n) is 5.13. The number of hydrogen-bond donors (Lipinski definition) is 1. The van der Waals surface area contributed by atoms with E-state index >= 15 is 0 Å². The first kappa shape index (κ1) is 15.7. The van der Waals surface area contributed by atoms with Crippen molar-refractivity contribution < 1.29 is 19.4 Å². The molecule has 0 aliphatic carbocycles. The van der Waals surface area contributed by atoms with Crippen LogP contribution in [0, 0.1) is 0 Å². The van der Waals surface area contributed by atoms with Crippen molar-refractivity contribution in [1.29, 1.82) is 0 Å². The maximum absolute atomic E-state index is 11.5. The molecule has 19 heavy (non-hydrogen) atoms. The minimum Gasteiger partial charge on any atom is -0.476 e. The Morgan fingerprint density at radius 3 is 2.42 bits per heavy atom. The van der Waals surface area contributed by atoms with Gasteiger partial charge in [0.2, 0.25) is 6.04 Å². The molecule has 0 aliphatic heterocycles. The second-order valence-corrected chi connectivity index (χ2v) is 5.13. The summed E-state index contributed by atoms with van der Waals surface area (Å²) in [5.41, 5.74) is 0.760. The van der Waals surface area contributed by atoms with Crippen LogP contribution in [0.5, 0.6) is 0 Å². The highest BCUT2D eigenvalue weighted by atomic mass is 16.7. The Kier molecular flexibility index (Phi) is 5.99. The van der Waals surface area contributed by atoms with Gasteiger partial charge in [-0.15, -0.1) is 0 Å². The number of nitrogens with zero attached hydrogens (tertiary/aromatic N) is 1. The number of unbranched alkanes of at least 4 members (excludes halogenated alkanes) is 2. The Morgan fingerprint density at radius 2 is 1.89 bits per heavy atom. The Balaban J connectivity index is 2.77. The fraction of sp³-hybridized carbons (Fsp3) is 0.533. The zero-order valence-electron chi connectivity index (χ0n) is 12.0. The summed E-state index contributed by atoms with van der Waals surface area (Å²) in [6.07, 6.45) is 3.18. The van der Waals surface area contributed by atoms with Crippen LogP contribution in [0.15, 0.2) is 30.3 Å². The van der Waals surface area contributed by atoms with E-state index in [-0.39, 0.29) is 4.65 Å². The molecule has 1 N–H and O–H groups in total. The summed E-state index contributed by atoms with van der Waals surface area (Å²) >= 11 is 0. The molecule has 1 aromatic rings. The van der Waals surface area contributed by atoms with E-state index in [0.717, 1.165) is 24.8 Å². The number of rotatable bonds is 8. The number of carbonyl (C=O) groups is 1. The standard InChI is InChI=1S/C15H23NO3/c1-4-5-9-12-19-16(2,3)14(15(17)18)13-10-7-6-8-11-13/h6-8,10-11,14H,4-5,9,12H2,1-3H3/p+1. The fourth-order valence-corrected chi connectivity index (χ4v) is 2.13. The Hall–Kier alpha value is -1.39. The first-order valence-electron chi connectivity index (χ1n) is 6.75. The van der Waals surface area contributed by atoms with Gasteiger partial charge < -0.3 is 5.11 Å². The molecule has 1 unspecified atom stereocenters. The number of carboxylic acid groups (broad SMARTS) is 1. The van der Waals surface area contributed by atoms with Gasteiger partial charge in [0.25, 0.3) is 0 Å². The third kappa shape index (κ3) is 4.65. The van der Waals surface area contributed by atoms with Crippen molar-refractivity contribution in [1.82, 2.24) is 0 Å². The van der Waals surface area contributed by atoms with Crippen LogP contribution < -0.4 is 0 Å². The fourth-order valence-electron chi connectivity index (χ4n) is 2.13. The minimum absolute atomic E-state index is 0.00304. The normalized spacial score (nSPS) is 13.2. The largest absolute Gasteiger partial charge is 0.476 e. The number of aliphatic carboxylic acids is 1. The van der Waals surface area contributed by atoms with Gasteiger partial charge in [-0.3, -0.25) is 0 Å². The average molecular weight is 266 g/mol. The molecule has 0 heterocycles. The van der Waals surface area contributed by atoms with Gasteiger partial charge in [-0.25, -0.2) is 9.63 Å². The van der Waals surface area contributed by atoms with Crippen molar-refractivity contribution in [2.45, 2.75) is 32.2 Å². The molecule has 0 aromatic heterocycles. The molecule has 1 aromatic carbocycles. The molecule has 4 heteroatoms. The highest BCUT2D eigenvalue weighted by Gasteiger charge is 2.38. The third-order valence-corrected chi connectivity index (χ3v) is 3.14. The highest BCUT2D eigenvalue weighted by Crippen LogP contribution is 2.26. The molecule has 0 spiro atoms. The van der Waals surface area contributed by atoms with Gasteiger partial charge in [-0.1, -0.05) is 50.1 Å². The molecule has 0 saturated heterocycles. The molecule has 0 radical (unpaired) electrons. The van der Waals surface area contributed by atoms with E-state index in [1.807, 2.05) is 30.3 Å². The van der Waals surface area contributed by atoms with Crippen molar-refractivity contribution in [3.05, 3.63) is 35.9 Å². The van der Waals surface area contributed by atoms with Crippen LogP contribution >= 0.6 is 0 Å². The van der Waals surface area contributed by atoms with Crippen molar-refractivity contribution in [3.8, 4) is 0 Å². The Morgan fingerprint density at radius 1 is 1.26 bits per heavy atom. The van der Waals surface area contributed by atoms with Crippen molar-refractivity contribution in [3.63, 3.8) is 0 Å².